The van der Waals surface area contributed by atoms with Crippen molar-refractivity contribution in [2.45, 2.75) is 252 Å². The first-order valence-electron chi connectivity index (χ1n) is 29.0. The van der Waals surface area contributed by atoms with Crippen LogP contribution in [0.5, 0.6) is 0 Å². The van der Waals surface area contributed by atoms with Gasteiger partial charge in [-0.1, -0.05) is 213 Å². The smallest absolute Gasteiger partial charge is 0.307 e. The second kappa shape index (κ2) is 52.1. The van der Waals surface area contributed by atoms with E-state index in [0.29, 0.717) is 58.7 Å². The molecule has 0 N–H and O–H groups in total. The van der Waals surface area contributed by atoms with Gasteiger partial charge in [-0.3, -0.25) is 19.3 Å². The Balaban J connectivity index is 4.56. The lowest BCUT2D eigenvalue weighted by molar-refractivity contribution is -0.145. The molecule has 0 aromatic heterocycles. The second-order valence-corrected chi connectivity index (χ2v) is 20.3. The largest absolute Gasteiger partial charge is 0.466 e. The van der Waals surface area contributed by atoms with Crippen LogP contribution in [-0.4, -0.2) is 137 Å². The van der Waals surface area contributed by atoms with E-state index in [9.17, 15) is 14.4 Å². The van der Waals surface area contributed by atoms with Crippen molar-refractivity contribution < 1.29 is 28.6 Å². The van der Waals surface area contributed by atoms with Crippen LogP contribution in [0.15, 0.2) is 0 Å². The van der Waals surface area contributed by atoms with E-state index < -0.39 is 0 Å². The van der Waals surface area contributed by atoms with Crippen LogP contribution in [0, 0.1) is 0 Å². The van der Waals surface area contributed by atoms with Crippen LogP contribution in [0.1, 0.15) is 252 Å². The monoisotopic (exact) mass is 951 g/mol. The molecule has 0 heterocycles. The number of unbranched alkanes of at least 4 members (excludes halogenated alkanes) is 30. The number of esters is 3. The summed E-state index contributed by atoms with van der Waals surface area (Å²) in [7, 11) is 6.24. The molecule has 0 atom stereocenters. The Morgan fingerprint density at radius 3 is 0.672 bits per heavy atom. The number of rotatable bonds is 54. The predicted molar refractivity (Wildman–Crippen MR) is 285 cm³/mol. The van der Waals surface area contributed by atoms with Crippen molar-refractivity contribution in [1.82, 2.24) is 19.6 Å². The molecular weight excluding hydrogens is 837 g/mol. The van der Waals surface area contributed by atoms with Gasteiger partial charge in [0.2, 0.25) is 0 Å². The van der Waals surface area contributed by atoms with Gasteiger partial charge >= 0.3 is 17.9 Å². The van der Waals surface area contributed by atoms with Crippen LogP contribution in [0.2, 0.25) is 0 Å². The molecule has 0 aliphatic heterocycles. The highest BCUT2D eigenvalue weighted by Gasteiger charge is 2.14. The van der Waals surface area contributed by atoms with Crippen LogP contribution in [0.4, 0.5) is 0 Å². The van der Waals surface area contributed by atoms with Gasteiger partial charge in [0.1, 0.15) is 0 Å². The number of hydrogen-bond acceptors (Lipinski definition) is 10. The summed E-state index contributed by atoms with van der Waals surface area (Å²) in [4.78, 5) is 46.7. The maximum absolute atomic E-state index is 12.5. The predicted octanol–water partition coefficient (Wildman–Crippen LogP) is 13.8. The zero-order chi connectivity index (χ0) is 49.1. The molecule has 0 amide bonds. The third-order valence-electron chi connectivity index (χ3n) is 13.5. The van der Waals surface area contributed by atoms with Gasteiger partial charge < -0.3 is 28.9 Å². The van der Waals surface area contributed by atoms with E-state index in [1.165, 1.54) is 173 Å². The van der Waals surface area contributed by atoms with Crippen molar-refractivity contribution in [3.05, 3.63) is 0 Å². The van der Waals surface area contributed by atoms with E-state index in [1.54, 1.807) is 0 Å². The molecule has 398 valence electrons. The van der Waals surface area contributed by atoms with Gasteiger partial charge in [0, 0.05) is 58.9 Å². The highest BCUT2D eigenvalue weighted by atomic mass is 16.5. The lowest BCUT2D eigenvalue weighted by Crippen LogP contribution is -2.42. The number of carbonyl (C=O) groups excluding carboxylic acids is 3. The lowest BCUT2D eigenvalue weighted by Gasteiger charge is -2.29. The highest BCUT2D eigenvalue weighted by molar-refractivity contribution is 5.70. The van der Waals surface area contributed by atoms with Gasteiger partial charge in [-0.25, -0.2) is 0 Å². The highest BCUT2D eigenvalue weighted by Crippen LogP contribution is 2.14. The average Bonchev–Trinajstić information content (AvgIpc) is 3.32. The lowest BCUT2D eigenvalue weighted by atomic mass is 10.1. The molecule has 0 aromatic rings. The van der Waals surface area contributed by atoms with Crippen molar-refractivity contribution in [3.63, 3.8) is 0 Å². The quantitative estimate of drug-likeness (QED) is 0.0333. The molecule has 0 saturated carbocycles. The molecule has 0 spiro atoms. The van der Waals surface area contributed by atoms with Crippen molar-refractivity contribution in [1.29, 1.82) is 0 Å². The average molecular weight is 952 g/mol. The Morgan fingerprint density at radius 1 is 0.269 bits per heavy atom. The maximum Gasteiger partial charge on any atom is 0.307 e. The molecule has 0 bridgehead atoms. The van der Waals surface area contributed by atoms with Gasteiger partial charge in [-0.2, -0.15) is 0 Å². The van der Waals surface area contributed by atoms with Crippen LogP contribution in [0.3, 0.4) is 0 Å². The molecule has 0 aliphatic carbocycles. The van der Waals surface area contributed by atoms with Gasteiger partial charge in [-0.05, 0) is 40.4 Å². The standard InChI is InChI=1S/C57H114N4O6/c1-7-10-13-16-19-22-25-28-31-34-37-52-65-55(62)40-43-58(4)46-49-61(50-47-59(5)44-41-56(63)66-53-38-35-32-29-26-23-20-17-14-11-8-2)51-48-60(6)45-42-57(64)67-54-39-36-33-30-27-24-21-18-15-12-9-3/h7-54H2,1-6H3. The van der Waals surface area contributed by atoms with E-state index in [-0.39, 0.29) is 17.9 Å². The third-order valence-corrected chi connectivity index (χ3v) is 13.5. The zero-order valence-electron chi connectivity index (χ0n) is 45.7. The van der Waals surface area contributed by atoms with E-state index in [2.05, 4.69) is 61.5 Å². The molecule has 10 nitrogen and oxygen atoms in total. The van der Waals surface area contributed by atoms with E-state index in [0.717, 1.165) is 77.8 Å². The first-order chi connectivity index (χ1) is 32.7. The van der Waals surface area contributed by atoms with Crippen molar-refractivity contribution in [3.8, 4) is 0 Å². The van der Waals surface area contributed by atoms with Gasteiger partial charge in [0.15, 0.2) is 0 Å². The summed E-state index contributed by atoms with van der Waals surface area (Å²) >= 11 is 0. The molecule has 0 rings (SSSR count). The Bertz CT molecular complexity index is 937. The third kappa shape index (κ3) is 50.4. The summed E-state index contributed by atoms with van der Waals surface area (Å²) in [6.45, 7) is 15.6. The summed E-state index contributed by atoms with van der Waals surface area (Å²) in [6.07, 6.45) is 43.5. The van der Waals surface area contributed by atoms with Gasteiger partial charge in [-0.15, -0.1) is 0 Å². The molecule has 0 aromatic carbocycles. The molecule has 0 radical (unpaired) electrons. The SMILES string of the molecule is CCCCCCCCCCCCCOC(=O)CCN(C)CCN(CCN(C)CCC(=O)OCCCCCCCCCCCCC)CCN(C)CCC(=O)OCCCCCCCCCCCCC. The van der Waals surface area contributed by atoms with E-state index >= 15 is 0 Å². The van der Waals surface area contributed by atoms with E-state index in [1.807, 2.05) is 0 Å². The molecular formula is C57H114N4O6. The minimum Gasteiger partial charge on any atom is -0.466 e. The Labute approximate surface area is 416 Å². The summed E-state index contributed by atoms with van der Waals surface area (Å²) in [6, 6.07) is 0. The summed E-state index contributed by atoms with van der Waals surface area (Å²) < 4.78 is 16.7. The van der Waals surface area contributed by atoms with Crippen LogP contribution >= 0.6 is 0 Å². The van der Waals surface area contributed by atoms with Crippen LogP contribution in [0.25, 0.3) is 0 Å². The van der Waals surface area contributed by atoms with Crippen LogP contribution in [-0.2, 0) is 28.6 Å². The first kappa shape index (κ1) is 65.2. The Hall–Kier alpha value is -1.75. The minimum atomic E-state index is -0.103. The van der Waals surface area contributed by atoms with Gasteiger partial charge in [0.25, 0.3) is 0 Å². The Morgan fingerprint density at radius 2 is 0.463 bits per heavy atom. The fourth-order valence-corrected chi connectivity index (χ4v) is 8.53. The van der Waals surface area contributed by atoms with Crippen molar-refractivity contribution >= 4 is 17.9 Å². The summed E-state index contributed by atoms with van der Waals surface area (Å²) in [5.41, 5.74) is 0. The number of ether oxygens (including phenoxy) is 3. The molecule has 0 unspecified atom stereocenters. The van der Waals surface area contributed by atoms with Crippen molar-refractivity contribution in [2.24, 2.45) is 0 Å². The molecule has 0 saturated heterocycles. The fourth-order valence-electron chi connectivity index (χ4n) is 8.53. The molecule has 10 heteroatoms. The normalized spacial score (nSPS) is 11.7. The maximum atomic E-state index is 12.5. The second-order valence-electron chi connectivity index (χ2n) is 20.3. The number of likely N-dealkylation sites (N-methyl/N-ethyl adjacent to an activating group) is 3. The molecule has 0 aliphatic rings. The number of hydrogen-bond donors (Lipinski definition) is 0. The van der Waals surface area contributed by atoms with E-state index in [4.69, 9.17) is 14.2 Å². The Kier molecular flexibility index (Phi) is 50.7. The van der Waals surface area contributed by atoms with Gasteiger partial charge in [0.05, 0.1) is 39.1 Å². The zero-order valence-corrected chi connectivity index (χ0v) is 45.7. The summed E-state index contributed by atoms with van der Waals surface area (Å²) in [5.74, 6) is -0.309. The number of carbonyl (C=O) groups is 3. The first-order valence-corrected chi connectivity index (χ1v) is 29.0. The minimum absolute atomic E-state index is 0.103. The summed E-state index contributed by atoms with van der Waals surface area (Å²) in [5, 5.41) is 0. The van der Waals surface area contributed by atoms with Crippen molar-refractivity contribution in [2.75, 3.05) is 99.9 Å². The fraction of sp³-hybridized carbons (Fsp3) is 0.947. The number of nitrogens with zero attached hydrogens (tertiary/aromatic N) is 4. The molecule has 67 heavy (non-hydrogen) atoms. The molecule has 0 fully saturated rings. The van der Waals surface area contributed by atoms with Crippen LogP contribution < -0.4 is 0 Å². The topological polar surface area (TPSA) is 91.9 Å².